The maximum atomic E-state index is 4.78. The van der Waals surface area contributed by atoms with Crippen molar-refractivity contribution < 1.29 is 0 Å². The van der Waals surface area contributed by atoms with Gasteiger partial charge in [0.2, 0.25) is 0 Å². The number of hydrogen-bond acceptors (Lipinski definition) is 6. The summed E-state index contributed by atoms with van der Waals surface area (Å²) < 4.78 is 0. The Morgan fingerprint density at radius 1 is 0.909 bits per heavy atom. The first-order valence-electron chi connectivity index (χ1n) is 11.5. The van der Waals surface area contributed by atoms with Gasteiger partial charge in [0.1, 0.15) is 24.3 Å². The van der Waals surface area contributed by atoms with E-state index in [0.717, 1.165) is 17.9 Å². The fourth-order valence-electron chi connectivity index (χ4n) is 6.52. The molecule has 5 heterocycles. The zero-order valence-electron chi connectivity index (χ0n) is 18.8. The Labute approximate surface area is 194 Å². The smallest absolute Gasteiger partial charge is 0.161 e. The number of benzene rings is 2. The molecule has 0 spiro atoms. The molecule has 0 bridgehead atoms. The molecule has 7 rings (SSSR count). The summed E-state index contributed by atoms with van der Waals surface area (Å²) >= 11 is 0. The minimum atomic E-state index is 0.0964. The molecule has 0 aliphatic carbocycles. The van der Waals surface area contributed by atoms with Gasteiger partial charge in [-0.1, -0.05) is 43.0 Å². The molecule has 33 heavy (non-hydrogen) atoms. The maximum Gasteiger partial charge on any atom is 0.161 e. The lowest BCUT2D eigenvalue weighted by Gasteiger charge is -2.52. The molecule has 6 heteroatoms. The molecule has 2 aromatic carbocycles. The van der Waals surface area contributed by atoms with Crippen LogP contribution in [0.1, 0.15) is 23.5 Å². The molecule has 4 atom stereocenters. The van der Waals surface area contributed by atoms with Gasteiger partial charge in [-0.05, 0) is 29.7 Å². The predicted octanol–water partition coefficient (Wildman–Crippen LogP) is 4.77. The zero-order chi connectivity index (χ0) is 22.3. The van der Waals surface area contributed by atoms with Crippen LogP contribution < -0.4 is 14.7 Å². The Kier molecular flexibility index (Phi) is 3.75. The van der Waals surface area contributed by atoms with Crippen LogP contribution in [-0.2, 0) is 0 Å². The van der Waals surface area contributed by atoms with Gasteiger partial charge in [0, 0.05) is 49.6 Å². The van der Waals surface area contributed by atoms with Gasteiger partial charge in [0.25, 0.3) is 0 Å². The molecule has 0 saturated carbocycles. The van der Waals surface area contributed by atoms with Crippen LogP contribution in [0.15, 0.2) is 80.0 Å². The van der Waals surface area contributed by atoms with Crippen LogP contribution >= 0.6 is 0 Å². The fraction of sp³-hybridized carbons (Fsp3) is 0.259. The second-order valence-electron chi connectivity index (χ2n) is 9.48. The maximum absolute atomic E-state index is 4.78. The van der Waals surface area contributed by atoms with Gasteiger partial charge >= 0.3 is 0 Å². The van der Waals surface area contributed by atoms with Crippen LogP contribution in [0.5, 0.6) is 0 Å². The third-order valence-electron chi connectivity index (χ3n) is 7.89. The highest BCUT2D eigenvalue weighted by molar-refractivity contribution is 5.87. The van der Waals surface area contributed by atoms with Gasteiger partial charge in [0.05, 0.1) is 11.9 Å². The Morgan fingerprint density at radius 2 is 1.70 bits per heavy atom. The third kappa shape index (κ3) is 2.38. The van der Waals surface area contributed by atoms with E-state index in [0.29, 0.717) is 5.92 Å². The van der Waals surface area contributed by atoms with Crippen LogP contribution in [0.2, 0.25) is 0 Å². The van der Waals surface area contributed by atoms with E-state index in [1.165, 1.54) is 28.1 Å². The first kappa shape index (κ1) is 18.7. The molecule has 3 aromatic rings. The molecule has 1 aromatic heterocycles. The van der Waals surface area contributed by atoms with E-state index >= 15 is 0 Å². The van der Waals surface area contributed by atoms with Gasteiger partial charge < -0.3 is 19.6 Å². The van der Waals surface area contributed by atoms with E-state index in [-0.39, 0.29) is 18.2 Å². The number of rotatable bonds is 0. The summed E-state index contributed by atoms with van der Waals surface area (Å²) in [6.45, 7) is 4.60. The van der Waals surface area contributed by atoms with Gasteiger partial charge in [-0.3, -0.25) is 0 Å². The molecule has 0 saturated heterocycles. The first-order valence-corrected chi connectivity index (χ1v) is 11.5. The van der Waals surface area contributed by atoms with Crippen molar-refractivity contribution in [3.05, 3.63) is 91.2 Å². The highest BCUT2D eigenvalue weighted by Gasteiger charge is 2.54. The number of nitrogens with zero attached hydrogens (tertiary/aromatic N) is 6. The lowest BCUT2D eigenvalue weighted by atomic mass is 9.72. The van der Waals surface area contributed by atoms with E-state index in [4.69, 9.17) is 4.98 Å². The number of para-hydroxylation sites is 2. The summed E-state index contributed by atoms with van der Waals surface area (Å²) in [7, 11) is 4.39. The minimum absolute atomic E-state index is 0.0964. The number of fused-ring (bicyclic) bond motifs is 12. The zero-order valence-corrected chi connectivity index (χ0v) is 18.8. The van der Waals surface area contributed by atoms with Crippen LogP contribution in [-0.4, -0.2) is 41.3 Å². The molecular weight excluding hydrogens is 408 g/mol. The lowest BCUT2D eigenvalue weighted by Crippen LogP contribution is -2.59. The van der Waals surface area contributed by atoms with Crippen molar-refractivity contribution in [1.29, 1.82) is 0 Å². The summed E-state index contributed by atoms with van der Waals surface area (Å²) in [6.07, 6.45) is 9.28. The van der Waals surface area contributed by atoms with Crippen molar-refractivity contribution in [2.45, 2.75) is 24.7 Å². The number of aromatic nitrogens is 2. The van der Waals surface area contributed by atoms with Crippen molar-refractivity contribution in [3.63, 3.8) is 0 Å². The van der Waals surface area contributed by atoms with Crippen molar-refractivity contribution >= 4 is 28.5 Å². The molecule has 6 nitrogen and oxygen atoms in total. The van der Waals surface area contributed by atoms with Crippen LogP contribution in [0.3, 0.4) is 0 Å². The lowest BCUT2D eigenvalue weighted by molar-refractivity contribution is 0.184. The number of allylic oxidation sites excluding steroid dienone is 1. The average Bonchev–Trinajstić information content (AvgIpc) is 3.36. The summed E-state index contributed by atoms with van der Waals surface area (Å²) in [6, 6.07) is 17.5. The molecule has 0 radical (unpaired) electrons. The molecule has 4 aliphatic heterocycles. The molecule has 0 fully saturated rings. The Bertz CT molecular complexity index is 1320. The van der Waals surface area contributed by atoms with Gasteiger partial charge in [0.15, 0.2) is 5.82 Å². The number of anilines is 4. The number of hydrogen-bond donors (Lipinski definition) is 0. The Balaban J connectivity index is 1.52. The Morgan fingerprint density at radius 3 is 2.58 bits per heavy atom. The summed E-state index contributed by atoms with van der Waals surface area (Å²) in [5.41, 5.74) is 7.33. The Hall–Kier alpha value is -3.80. The van der Waals surface area contributed by atoms with Crippen molar-refractivity contribution in [2.24, 2.45) is 5.92 Å². The molecule has 4 unspecified atom stereocenters. The predicted molar refractivity (Wildman–Crippen MR) is 132 cm³/mol. The van der Waals surface area contributed by atoms with E-state index in [1.807, 2.05) is 6.20 Å². The van der Waals surface area contributed by atoms with E-state index in [1.54, 1.807) is 6.33 Å². The fourth-order valence-corrected chi connectivity index (χ4v) is 6.52. The summed E-state index contributed by atoms with van der Waals surface area (Å²) in [5.74, 6) is 1.57. The third-order valence-corrected chi connectivity index (χ3v) is 7.89. The first-order chi connectivity index (χ1) is 16.1. The molecule has 4 aliphatic rings. The average molecular weight is 435 g/mol. The molecule has 0 amide bonds. The van der Waals surface area contributed by atoms with Gasteiger partial charge in [-0.25, -0.2) is 9.97 Å². The van der Waals surface area contributed by atoms with Crippen molar-refractivity contribution in [3.8, 4) is 0 Å². The van der Waals surface area contributed by atoms with E-state index in [2.05, 4.69) is 106 Å². The summed E-state index contributed by atoms with van der Waals surface area (Å²) in [5, 5.41) is 0. The molecular formula is C27H26N6. The highest BCUT2D eigenvalue weighted by atomic mass is 15.5. The summed E-state index contributed by atoms with van der Waals surface area (Å²) in [4.78, 5) is 18.8. The SMILES string of the molecule is C=C1CC2c3ccccc3N3C=CN(C)C3C2C2N(C)c3cncnc3N2c2ccccc21. The van der Waals surface area contributed by atoms with Crippen molar-refractivity contribution in [2.75, 3.05) is 28.8 Å². The van der Waals surface area contributed by atoms with E-state index in [9.17, 15) is 0 Å². The molecule has 0 N–H and O–H groups in total. The standard InChI is InChI=1S/C27H26N6/c1-17-14-20-19-9-5-6-10-21(19)32-13-12-30(2)26(32)24(20)27-31(3)23-15-28-16-29-25(23)33(27)22-11-7-4-8-18(17)22/h4-13,15-16,20,24,26-27H,1,14H2,2-3H3. The second-order valence-corrected chi connectivity index (χ2v) is 9.48. The van der Waals surface area contributed by atoms with Crippen molar-refractivity contribution in [1.82, 2.24) is 14.9 Å². The largest absolute Gasteiger partial charge is 0.358 e. The monoisotopic (exact) mass is 434 g/mol. The second kappa shape index (κ2) is 6.61. The van der Waals surface area contributed by atoms with Crippen LogP contribution in [0, 0.1) is 5.92 Å². The van der Waals surface area contributed by atoms with Crippen LogP contribution in [0.4, 0.5) is 22.9 Å². The van der Waals surface area contributed by atoms with Gasteiger partial charge in [-0.15, -0.1) is 0 Å². The topological polar surface area (TPSA) is 38.7 Å². The molecule has 164 valence electrons. The minimum Gasteiger partial charge on any atom is -0.358 e. The van der Waals surface area contributed by atoms with Gasteiger partial charge in [-0.2, -0.15) is 0 Å². The normalized spacial score (nSPS) is 26.7. The highest BCUT2D eigenvalue weighted by Crippen LogP contribution is 2.57. The van der Waals surface area contributed by atoms with Crippen LogP contribution in [0.25, 0.3) is 5.57 Å². The quantitative estimate of drug-likeness (QED) is 0.508. The van der Waals surface area contributed by atoms with E-state index < -0.39 is 0 Å².